The molecule has 0 spiro atoms. The summed E-state index contributed by atoms with van der Waals surface area (Å²) in [6, 6.07) is 7.09. The Balaban J connectivity index is 3.14. The molecule has 134 valence electrons. The number of Topliss-reactive ketones (excluding diaryl/α,β-unsaturated/α-hetero) is 1. The van der Waals surface area contributed by atoms with Crippen LogP contribution in [0.5, 0.6) is 0 Å². The van der Waals surface area contributed by atoms with Gasteiger partial charge < -0.3 is 9.47 Å². The van der Waals surface area contributed by atoms with E-state index in [1.54, 1.807) is 58.0 Å². The molecule has 0 aliphatic rings. The molecule has 0 unspecified atom stereocenters. The fraction of sp³-hybridized carbons (Fsp3) is 0.350. The predicted molar refractivity (Wildman–Crippen MR) is 96.6 cm³/mol. The zero-order valence-corrected chi connectivity index (χ0v) is 15.3. The van der Waals surface area contributed by atoms with Gasteiger partial charge in [-0.2, -0.15) is 0 Å². The summed E-state index contributed by atoms with van der Waals surface area (Å²) in [7, 11) is 0. The molecule has 0 saturated carbocycles. The molecule has 25 heavy (non-hydrogen) atoms. The van der Waals surface area contributed by atoms with Crippen molar-refractivity contribution in [2.24, 2.45) is 0 Å². The van der Waals surface area contributed by atoms with Crippen molar-refractivity contribution in [3.8, 4) is 0 Å². The van der Waals surface area contributed by atoms with Gasteiger partial charge in [-0.05, 0) is 57.9 Å². The van der Waals surface area contributed by atoms with E-state index in [1.165, 1.54) is 19.1 Å². The van der Waals surface area contributed by atoms with Crippen LogP contribution in [-0.4, -0.2) is 29.9 Å². The largest absolute Gasteiger partial charge is 0.462 e. The minimum absolute atomic E-state index is 0.0417. The lowest BCUT2D eigenvalue weighted by Gasteiger charge is -2.17. The van der Waals surface area contributed by atoms with Crippen LogP contribution in [0, 0.1) is 0 Å². The van der Waals surface area contributed by atoms with Gasteiger partial charge in [-0.25, -0.2) is 9.59 Å². The Labute approximate surface area is 148 Å². The fourth-order valence-corrected chi connectivity index (χ4v) is 1.96. The van der Waals surface area contributed by atoms with Crippen molar-refractivity contribution in [3.05, 3.63) is 47.0 Å². The standard InChI is InChI=1S/C20H24O5/c1-6-24-19(23)17(14(2)21)13-16-10-8-7-9-15(16)11-12-18(22)25-20(3,4)5/h7-13H,6H2,1-5H3/b12-11+,17-13-. The lowest BCUT2D eigenvalue weighted by atomic mass is 10.0. The summed E-state index contributed by atoms with van der Waals surface area (Å²) in [5, 5.41) is 0. The average Bonchev–Trinajstić information content (AvgIpc) is 2.49. The van der Waals surface area contributed by atoms with E-state index in [2.05, 4.69) is 0 Å². The molecule has 0 bridgehead atoms. The van der Waals surface area contributed by atoms with Gasteiger partial charge in [0.25, 0.3) is 0 Å². The highest BCUT2D eigenvalue weighted by atomic mass is 16.6. The summed E-state index contributed by atoms with van der Waals surface area (Å²) in [6.45, 7) is 8.52. The highest BCUT2D eigenvalue weighted by molar-refractivity contribution is 6.20. The molecule has 5 nitrogen and oxygen atoms in total. The molecule has 5 heteroatoms. The number of ketones is 1. The Morgan fingerprint density at radius 3 is 2.20 bits per heavy atom. The summed E-state index contributed by atoms with van der Waals surface area (Å²) in [4.78, 5) is 35.5. The zero-order valence-electron chi connectivity index (χ0n) is 15.3. The van der Waals surface area contributed by atoms with Crippen LogP contribution in [0.1, 0.15) is 45.7 Å². The molecule has 1 aromatic carbocycles. The monoisotopic (exact) mass is 344 g/mol. The number of esters is 2. The number of carbonyl (C=O) groups excluding carboxylic acids is 3. The van der Waals surface area contributed by atoms with Crippen molar-refractivity contribution in [2.45, 2.75) is 40.2 Å². The molecule has 0 N–H and O–H groups in total. The van der Waals surface area contributed by atoms with E-state index in [9.17, 15) is 14.4 Å². The van der Waals surface area contributed by atoms with Gasteiger partial charge in [0.15, 0.2) is 5.78 Å². The van der Waals surface area contributed by atoms with Crippen molar-refractivity contribution in [3.63, 3.8) is 0 Å². The van der Waals surface area contributed by atoms with Crippen molar-refractivity contribution >= 4 is 29.9 Å². The van der Waals surface area contributed by atoms with Gasteiger partial charge in [0.1, 0.15) is 11.2 Å². The van der Waals surface area contributed by atoms with Crippen LogP contribution >= 0.6 is 0 Å². The van der Waals surface area contributed by atoms with Crippen LogP contribution in [0.4, 0.5) is 0 Å². The molecule has 0 aliphatic carbocycles. The molecule has 1 rings (SSSR count). The Kier molecular flexibility index (Phi) is 7.30. The first-order valence-corrected chi connectivity index (χ1v) is 8.04. The Hall–Kier alpha value is -2.69. The minimum atomic E-state index is -0.666. The summed E-state index contributed by atoms with van der Waals surface area (Å²) in [6.07, 6.45) is 4.37. The first-order chi connectivity index (χ1) is 11.6. The first-order valence-electron chi connectivity index (χ1n) is 8.04. The Morgan fingerprint density at radius 1 is 1.08 bits per heavy atom. The molecule has 0 saturated heterocycles. The maximum Gasteiger partial charge on any atom is 0.341 e. The summed E-state index contributed by atoms with van der Waals surface area (Å²) >= 11 is 0. The van der Waals surface area contributed by atoms with Gasteiger partial charge in [-0.1, -0.05) is 24.3 Å². The lowest BCUT2D eigenvalue weighted by Crippen LogP contribution is -2.22. The van der Waals surface area contributed by atoms with E-state index in [4.69, 9.17) is 9.47 Å². The average molecular weight is 344 g/mol. The number of hydrogen-bond acceptors (Lipinski definition) is 5. The van der Waals surface area contributed by atoms with Crippen LogP contribution in [0.2, 0.25) is 0 Å². The van der Waals surface area contributed by atoms with Crippen molar-refractivity contribution in [1.29, 1.82) is 0 Å². The molecule has 0 atom stereocenters. The molecule has 0 aliphatic heterocycles. The van der Waals surface area contributed by atoms with Gasteiger partial charge in [0, 0.05) is 6.08 Å². The van der Waals surface area contributed by atoms with Crippen LogP contribution in [0.25, 0.3) is 12.2 Å². The third kappa shape index (κ3) is 7.16. The molecule has 0 amide bonds. The van der Waals surface area contributed by atoms with E-state index < -0.39 is 17.5 Å². The smallest absolute Gasteiger partial charge is 0.341 e. The van der Waals surface area contributed by atoms with Gasteiger partial charge >= 0.3 is 11.9 Å². The minimum Gasteiger partial charge on any atom is -0.462 e. The van der Waals surface area contributed by atoms with E-state index in [1.807, 2.05) is 0 Å². The number of hydrogen-bond donors (Lipinski definition) is 0. The molecular weight excluding hydrogens is 320 g/mol. The molecule has 0 fully saturated rings. The Bertz CT molecular complexity index is 705. The number of ether oxygens (including phenoxy) is 2. The maximum absolute atomic E-state index is 11.9. The highest BCUT2D eigenvalue weighted by Gasteiger charge is 2.16. The number of carbonyl (C=O) groups is 3. The zero-order chi connectivity index (χ0) is 19.0. The van der Waals surface area contributed by atoms with E-state index in [-0.39, 0.29) is 18.0 Å². The van der Waals surface area contributed by atoms with Crippen molar-refractivity contribution < 1.29 is 23.9 Å². The quantitative estimate of drug-likeness (QED) is 0.341. The predicted octanol–water partition coefficient (Wildman–Crippen LogP) is 3.58. The fourth-order valence-electron chi connectivity index (χ4n) is 1.96. The third-order valence-electron chi connectivity index (χ3n) is 2.98. The summed E-state index contributed by atoms with van der Waals surface area (Å²) < 4.78 is 10.1. The Morgan fingerprint density at radius 2 is 1.68 bits per heavy atom. The normalized spacial score (nSPS) is 12.1. The molecule has 0 radical (unpaired) electrons. The van der Waals surface area contributed by atoms with Crippen LogP contribution in [0.15, 0.2) is 35.9 Å². The van der Waals surface area contributed by atoms with Crippen molar-refractivity contribution in [2.75, 3.05) is 6.61 Å². The summed E-state index contributed by atoms with van der Waals surface area (Å²) in [5.74, 6) is -1.52. The summed E-state index contributed by atoms with van der Waals surface area (Å²) in [5.41, 5.74) is 0.684. The highest BCUT2D eigenvalue weighted by Crippen LogP contribution is 2.17. The number of benzene rings is 1. The van der Waals surface area contributed by atoms with Crippen LogP contribution < -0.4 is 0 Å². The van der Waals surface area contributed by atoms with Gasteiger partial charge in [0.05, 0.1) is 6.61 Å². The topological polar surface area (TPSA) is 69.7 Å². The number of rotatable bonds is 6. The second-order valence-electron chi connectivity index (χ2n) is 6.33. The second kappa shape index (κ2) is 8.97. The molecular formula is C20H24O5. The SMILES string of the molecule is CCOC(=O)/C(=C\c1ccccc1/C=C/C(=O)OC(C)(C)C)C(C)=O. The van der Waals surface area contributed by atoms with E-state index in [0.717, 1.165) is 0 Å². The first kappa shape index (κ1) is 20.4. The van der Waals surface area contributed by atoms with Crippen molar-refractivity contribution in [1.82, 2.24) is 0 Å². The van der Waals surface area contributed by atoms with Crippen LogP contribution in [0.3, 0.4) is 0 Å². The third-order valence-corrected chi connectivity index (χ3v) is 2.98. The second-order valence-corrected chi connectivity index (χ2v) is 6.33. The van der Waals surface area contributed by atoms with Gasteiger partial charge in [0.2, 0.25) is 0 Å². The van der Waals surface area contributed by atoms with Gasteiger partial charge in [-0.3, -0.25) is 4.79 Å². The van der Waals surface area contributed by atoms with E-state index in [0.29, 0.717) is 11.1 Å². The van der Waals surface area contributed by atoms with Gasteiger partial charge in [-0.15, -0.1) is 0 Å². The van der Waals surface area contributed by atoms with Crippen LogP contribution in [-0.2, 0) is 23.9 Å². The molecule has 0 heterocycles. The van der Waals surface area contributed by atoms with E-state index >= 15 is 0 Å². The molecule has 0 aromatic heterocycles. The molecule has 1 aromatic rings. The lowest BCUT2D eigenvalue weighted by molar-refractivity contribution is -0.148. The maximum atomic E-state index is 11.9.